The molecule has 1 aromatic heterocycles. The minimum Gasteiger partial charge on any atom is -0.461 e. The number of carbonyl (C=O) groups is 1. The van der Waals surface area contributed by atoms with Gasteiger partial charge in [0.15, 0.2) is 5.69 Å². The minimum absolute atomic E-state index is 0.0255. The van der Waals surface area contributed by atoms with E-state index in [1.165, 1.54) is 4.68 Å². The number of carbonyl (C=O) groups excluding carboxylic acids is 1. The number of hydrogen-bond acceptors (Lipinski definition) is 5. The summed E-state index contributed by atoms with van der Waals surface area (Å²) in [6.07, 6.45) is 1.65. The molecule has 0 radical (unpaired) electrons. The van der Waals surface area contributed by atoms with Gasteiger partial charge in [0.25, 0.3) is 0 Å². The smallest absolute Gasteiger partial charge is 0.358 e. The maximum Gasteiger partial charge on any atom is 0.358 e. The molecule has 0 aliphatic heterocycles. The quantitative estimate of drug-likeness (QED) is 0.633. The molecule has 6 nitrogen and oxygen atoms in total. The predicted molar refractivity (Wildman–Crippen MR) is 74.5 cm³/mol. The van der Waals surface area contributed by atoms with Crippen LogP contribution >= 0.6 is 0 Å². The molecule has 0 amide bonds. The molecule has 0 fully saturated rings. The number of aliphatic hydroxyl groups excluding tert-OH is 1. The first-order valence-corrected chi connectivity index (χ1v) is 6.30. The zero-order valence-electron chi connectivity index (χ0n) is 11.2. The van der Waals surface area contributed by atoms with E-state index in [2.05, 4.69) is 5.10 Å². The topological polar surface area (TPSA) is 90.4 Å². The summed E-state index contributed by atoms with van der Waals surface area (Å²) in [5.74, 6) is -0.607. The van der Waals surface area contributed by atoms with Gasteiger partial charge < -0.3 is 15.6 Å². The van der Waals surface area contributed by atoms with E-state index in [0.29, 0.717) is 11.4 Å². The Hall–Kier alpha value is -2.34. The molecule has 1 atom stereocenters. The second kappa shape index (κ2) is 6.21. The molecular formula is C14H17N3O3. The second-order valence-electron chi connectivity index (χ2n) is 4.59. The van der Waals surface area contributed by atoms with Gasteiger partial charge in [-0.1, -0.05) is 19.1 Å². The number of hydrogen-bond donors (Lipinski definition) is 2. The van der Waals surface area contributed by atoms with Gasteiger partial charge in [-0.2, -0.15) is 5.10 Å². The molecule has 6 heteroatoms. The first-order valence-electron chi connectivity index (χ1n) is 6.30. The number of rotatable bonds is 5. The average Bonchev–Trinajstić information content (AvgIpc) is 2.94. The molecule has 3 N–H and O–H groups in total. The van der Waals surface area contributed by atoms with E-state index in [1.54, 1.807) is 25.3 Å². The molecule has 0 aliphatic carbocycles. The molecule has 0 saturated heterocycles. The molecule has 0 spiro atoms. The summed E-state index contributed by atoms with van der Waals surface area (Å²) < 4.78 is 6.58. The lowest BCUT2D eigenvalue weighted by Gasteiger charge is -2.07. The van der Waals surface area contributed by atoms with E-state index < -0.39 is 5.97 Å². The highest BCUT2D eigenvalue weighted by atomic mass is 16.5. The van der Waals surface area contributed by atoms with Crippen LogP contribution in [0.5, 0.6) is 0 Å². The van der Waals surface area contributed by atoms with Gasteiger partial charge in [0.2, 0.25) is 0 Å². The van der Waals surface area contributed by atoms with Gasteiger partial charge in [0.05, 0.1) is 18.0 Å². The number of benzene rings is 1. The molecule has 1 heterocycles. The van der Waals surface area contributed by atoms with Crippen LogP contribution in [-0.4, -0.2) is 34.1 Å². The Morgan fingerprint density at radius 3 is 2.90 bits per heavy atom. The van der Waals surface area contributed by atoms with Gasteiger partial charge >= 0.3 is 5.97 Å². The third-order valence-electron chi connectivity index (χ3n) is 2.79. The molecule has 0 saturated carbocycles. The number of ether oxygens (including phenoxy) is 1. The van der Waals surface area contributed by atoms with Gasteiger partial charge in [-0.25, -0.2) is 9.48 Å². The van der Waals surface area contributed by atoms with Gasteiger partial charge in [-0.3, -0.25) is 0 Å². The standard InChI is InChI=1S/C14H17N3O3/c1-10(8-18)9-20-14(19)12-6-7-17(16-12)13-5-3-2-4-11(13)15/h2-7,10,18H,8-9,15H2,1H3. The maximum absolute atomic E-state index is 11.8. The number of nitrogens with zero attached hydrogens (tertiary/aromatic N) is 2. The van der Waals surface area contributed by atoms with Crippen LogP contribution in [0, 0.1) is 5.92 Å². The van der Waals surface area contributed by atoms with Crippen LogP contribution in [0.2, 0.25) is 0 Å². The van der Waals surface area contributed by atoms with Gasteiger partial charge in [-0.05, 0) is 18.2 Å². The van der Waals surface area contributed by atoms with E-state index in [9.17, 15) is 4.79 Å². The lowest BCUT2D eigenvalue weighted by Crippen LogP contribution is -2.15. The molecule has 2 rings (SSSR count). The molecule has 0 aliphatic rings. The fourth-order valence-electron chi connectivity index (χ4n) is 1.61. The van der Waals surface area contributed by atoms with Crippen molar-refractivity contribution in [2.24, 2.45) is 5.92 Å². The van der Waals surface area contributed by atoms with Gasteiger partial charge in [0.1, 0.15) is 0 Å². The van der Waals surface area contributed by atoms with Gasteiger partial charge in [0, 0.05) is 18.7 Å². The highest BCUT2D eigenvalue weighted by Crippen LogP contribution is 2.15. The summed E-state index contributed by atoms with van der Waals surface area (Å²) in [4.78, 5) is 11.8. The average molecular weight is 275 g/mol. The van der Waals surface area contributed by atoms with Crippen LogP contribution in [0.15, 0.2) is 36.5 Å². The lowest BCUT2D eigenvalue weighted by molar-refractivity contribution is 0.0398. The van der Waals surface area contributed by atoms with Crippen molar-refractivity contribution in [3.63, 3.8) is 0 Å². The first kappa shape index (κ1) is 14.1. The number of aromatic nitrogens is 2. The van der Waals surface area contributed by atoms with E-state index in [-0.39, 0.29) is 24.8 Å². The Labute approximate surface area is 116 Å². The normalized spacial score (nSPS) is 12.1. The van der Waals surface area contributed by atoms with Crippen LogP contribution in [0.1, 0.15) is 17.4 Å². The summed E-state index contributed by atoms with van der Waals surface area (Å²) in [6, 6.07) is 8.81. The van der Waals surface area contributed by atoms with Crippen molar-refractivity contribution in [1.82, 2.24) is 9.78 Å². The van der Waals surface area contributed by atoms with Gasteiger partial charge in [-0.15, -0.1) is 0 Å². The monoisotopic (exact) mass is 275 g/mol. The minimum atomic E-state index is -0.515. The lowest BCUT2D eigenvalue weighted by atomic mass is 10.2. The molecule has 106 valence electrons. The van der Waals surface area contributed by atoms with Crippen molar-refractivity contribution in [2.45, 2.75) is 6.92 Å². The number of esters is 1. The summed E-state index contributed by atoms with van der Waals surface area (Å²) in [5.41, 5.74) is 7.33. The number of nitrogen functional groups attached to an aromatic ring is 1. The van der Waals surface area contributed by atoms with E-state index >= 15 is 0 Å². The van der Waals surface area contributed by atoms with Crippen molar-refractivity contribution in [2.75, 3.05) is 18.9 Å². The molecule has 2 aromatic rings. The van der Waals surface area contributed by atoms with Crippen molar-refractivity contribution in [3.8, 4) is 5.69 Å². The first-order chi connectivity index (χ1) is 9.61. The highest BCUT2D eigenvalue weighted by Gasteiger charge is 2.13. The Balaban J connectivity index is 2.09. The van der Waals surface area contributed by atoms with Crippen LogP contribution in [0.25, 0.3) is 5.69 Å². The zero-order chi connectivity index (χ0) is 14.5. The summed E-state index contributed by atoms with van der Waals surface area (Å²) >= 11 is 0. The van der Waals surface area contributed by atoms with E-state index in [4.69, 9.17) is 15.6 Å². The SMILES string of the molecule is CC(CO)COC(=O)c1ccn(-c2ccccc2N)n1. The van der Waals surface area contributed by atoms with E-state index in [1.807, 2.05) is 18.2 Å². The van der Waals surface area contributed by atoms with Crippen molar-refractivity contribution >= 4 is 11.7 Å². The Morgan fingerprint density at radius 2 is 2.20 bits per heavy atom. The van der Waals surface area contributed by atoms with E-state index in [0.717, 1.165) is 0 Å². The second-order valence-corrected chi connectivity index (χ2v) is 4.59. The van der Waals surface area contributed by atoms with Crippen LogP contribution in [0.4, 0.5) is 5.69 Å². The Kier molecular flexibility index (Phi) is 4.37. The number of nitrogens with two attached hydrogens (primary N) is 1. The molecule has 0 bridgehead atoms. The molecular weight excluding hydrogens is 258 g/mol. The fraction of sp³-hybridized carbons (Fsp3) is 0.286. The Bertz CT molecular complexity index is 595. The molecule has 20 heavy (non-hydrogen) atoms. The summed E-state index contributed by atoms with van der Waals surface area (Å²) in [7, 11) is 0. The third-order valence-corrected chi connectivity index (χ3v) is 2.79. The molecule has 1 aromatic carbocycles. The van der Waals surface area contributed by atoms with Crippen molar-refractivity contribution in [3.05, 3.63) is 42.2 Å². The highest BCUT2D eigenvalue weighted by molar-refractivity contribution is 5.87. The largest absolute Gasteiger partial charge is 0.461 e. The van der Waals surface area contributed by atoms with Crippen LogP contribution in [0.3, 0.4) is 0 Å². The predicted octanol–water partition coefficient (Wildman–Crippen LogP) is 1.24. The third kappa shape index (κ3) is 3.16. The maximum atomic E-state index is 11.8. The summed E-state index contributed by atoms with van der Waals surface area (Å²) in [5, 5.41) is 13.0. The molecule has 1 unspecified atom stereocenters. The number of para-hydroxylation sites is 2. The number of aliphatic hydroxyl groups is 1. The summed E-state index contributed by atoms with van der Waals surface area (Å²) in [6.45, 7) is 1.93. The van der Waals surface area contributed by atoms with Crippen LogP contribution < -0.4 is 5.73 Å². The fourth-order valence-corrected chi connectivity index (χ4v) is 1.61. The van der Waals surface area contributed by atoms with Crippen LogP contribution in [-0.2, 0) is 4.74 Å². The van der Waals surface area contributed by atoms with Crippen molar-refractivity contribution in [1.29, 1.82) is 0 Å². The van der Waals surface area contributed by atoms with Crippen molar-refractivity contribution < 1.29 is 14.6 Å². The number of anilines is 1. The zero-order valence-corrected chi connectivity index (χ0v) is 11.2. The Morgan fingerprint density at radius 1 is 1.45 bits per heavy atom.